The maximum Gasteiger partial charge on any atom is 0.167 e. The van der Waals surface area contributed by atoms with Crippen LogP contribution in [0.4, 0.5) is 0 Å². The summed E-state index contributed by atoms with van der Waals surface area (Å²) < 4.78 is 0. The van der Waals surface area contributed by atoms with Gasteiger partial charge < -0.3 is 0 Å². The molecule has 0 atom stereocenters. The van der Waals surface area contributed by atoms with Crippen LogP contribution in [0.25, 0.3) is 0 Å². The fraction of sp³-hybridized carbons (Fsp3) is 0.600. The summed E-state index contributed by atoms with van der Waals surface area (Å²) in [6.45, 7) is 5.55. The third-order valence-electron chi connectivity index (χ3n) is 2.20. The Kier molecular flexibility index (Phi) is 2.18. The van der Waals surface area contributed by atoms with E-state index in [1.54, 1.807) is 6.92 Å². The van der Waals surface area contributed by atoms with Crippen molar-refractivity contribution < 1.29 is 9.59 Å². The van der Waals surface area contributed by atoms with Gasteiger partial charge in [-0.3, -0.25) is 9.59 Å². The van der Waals surface area contributed by atoms with Crippen LogP contribution in [0.3, 0.4) is 0 Å². The van der Waals surface area contributed by atoms with Crippen LogP contribution < -0.4 is 0 Å². The van der Waals surface area contributed by atoms with E-state index in [1.807, 2.05) is 13.8 Å². The molecule has 1 radical (unpaired) electrons. The first-order chi connectivity index (χ1) is 5.47. The second-order valence-corrected chi connectivity index (χ2v) is 3.82. The SMILES string of the molecule is C[C]=C1C(=O)CC(=O)CC1(C)C. The second kappa shape index (κ2) is 2.85. The summed E-state index contributed by atoms with van der Waals surface area (Å²) in [7, 11) is 0. The first kappa shape index (κ1) is 9.17. The number of rotatable bonds is 0. The monoisotopic (exact) mass is 165 g/mol. The van der Waals surface area contributed by atoms with Crippen LogP contribution in [-0.4, -0.2) is 11.6 Å². The predicted octanol–water partition coefficient (Wildman–Crippen LogP) is 1.69. The van der Waals surface area contributed by atoms with Crippen LogP contribution in [-0.2, 0) is 9.59 Å². The Bertz CT molecular complexity index is 259. The second-order valence-electron chi connectivity index (χ2n) is 3.82. The van der Waals surface area contributed by atoms with Gasteiger partial charge in [-0.25, -0.2) is 0 Å². The summed E-state index contributed by atoms with van der Waals surface area (Å²) >= 11 is 0. The molecular formula is C10H13O2. The van der Waals surface area contributed by atoms with E-state index in [4.69, 9.17) is 0 Å². The van der Waals surface area contributed by atoms with E-state index in [2.05, 4.69) is 6.08 Å². The molecule has 1 aliphatic carbocycles. The topological polar surface area (TPSA) is 34.1 Å². The van der Waals surface area contributed by atoms with Crippen molar-refractivity contribution in [2.24, 2.45) is 5.41 Å². The molecule has 2 heteroatoms. The summed E-state index contributed by atoms with van der Waals surface area (Å²) in [5.74, 6) is -0.0113. The van der Waals surface area contributed by atoms with E-state index in [-0.39, 0.29) is 23.4 Å². The molecular weight excluding hydrogens is 152 g/mol. The molecule has 65 valence electrons. The summed E-state index contributed by atoms with van der Waals surface area (Å²) in [5.41, 5.74) is 0.378. The molecule has 0 aromatic carbocycles. The average molecular weight is 165 g/mol. The van der Waals surface area contributed by atoms with Crippen molar-refractivity contribution in [1.82, 2.24) is 0 Å². The molecule has 12 heavy (non-hydrogen) atoms. The summed E-state index contributed by atoms with van der Waals surface area (Å²) in [6.07, 6.45) is 3.42. The van der Waals surface area contributed by atoms with Gasteiger partial charge in [-0.05, 0) is 13.0 Å². The van der Waals surface area contributed by atoms with Crippen LogP contribution in [0.2, 0.25) is 0 Å². The van der Waals surface area contributed by atoms with Gasteiger partial charge in [0, 0.05) is 17.4 Å². The van der Waals surface area contributed by atoms with Crippen molar-refractivity contribution in [2.75, 3.05) is 0 Å². The molecule has 0 amide bonds. The number of hydrogen-bond acceptors (Lipinski definition) is 2. The van der Waals surface area contributed by atoms with E-state index < -0.39 is 0 Å². The maximum atomic E-state index is 11.3. The van der Waals surface area contributed by atoms with Crippen molar-refractivity contribution >= 4 is 11.6 Å². The lowest BCUT2D eigenvalue weighted by atomic mass is 9.72. The Balaban J connectivity index is 3.01. The zero-order valence-corrected chi connectivity index (χ0v) is 7.73. The molecule has 2 nitrogen and oxygen atoms in total. The van der Waals surface area contributed by atoms with Crippen molar-refractivity contribution in [3.8, 4) is 0 Å². The Morgan fingerprint density at radius 1 is 1.33 bits per heavy atom. The number of hydrogen-bond donors (Lipinski definition) is 0. The molecule has 0 saturated heterocycles. The lowest BCUT2D eigenvalue weighted by Gasteiger charge is -2.30. The molecule has 1 rings (SSSR count). The molecule has 1 saturated carbocycles. The normalized spacial score (nSPS) is 26.4. The molecule has 1 aliphatic rings. The summed E-state index contributed by atoms with van der Waals surface area (Å²) in [5, 5.41) is 0. The average Bonchev–Trinajstić information content (AvgIpc) is 1.82. The van der Waals surface area contributed by atoms with Crippen molar-refractivity contribution in [3.05, 3.63) is 11.6 Å². The Labute approximate surface area is 72.7 Å². The first-order valence-electron chi connectivity index (χ1n) is 4.07. The number of Topliss-reactive ketones (excluding diaryl/α,β-unsaturated/α-hetero) is 2. The van der Waals surface area contributed by atoms with Crippen LogP contribution in [0, 0.1) is 11.5 Å². The Hall–Kier alpha value is -0.920. The molecule has 0 unspecified atom stereocenters. The summed E-state index contributed by atoms with van der Waals surface area (Å²) in [4.78, 5) is 22.4. The lowest BCUT2D eigenvalue weighted by Crippen LogP contribution is -2.32. The van der Waals surface area contributed by atoms with Gasteiger partial charge in [0.2, 0.25) is 0 Å². The van der Waals surface area contributed by atoms with Crippen molar-refractivity contribution in [1.29, 1.82) is 0 Å². The molecule has 0 aromatic heterocycles. The first-order valence-corrected chi connectivity index (χ1v) is 4.07. The van der Waals surface area contributed by atoms with Gasteiger partial charge in [0.05, 0.1) is 6.42 Å². The number of carbonyl (C=O) groups excluding carboxylic acids is 2. The Morgan fingerprint density at radius 3 is 2.33 bits per heavy atom. The largest absolute Gasteiger partial charge is 0.299 e. The van der Waals surface area contributed by atoms with Crippen LogP contribution >= 0.6 is 0 Å². The van der Waals surface area contributed by atoms with Crippen LogP contribution in [0.15, 0.2) is 5.57 Å². The van der Waals surface area contributed by atoms with Gasteiger partial charge in [0.15, 0.2) is 5.78 Å². The highest BCUT2D eigenvalue weighted by Gasteiger charge is 2.36. The molecule has 0 aliphatic heterocycles. The van der Waals surface area contributed by atoms with Crippen molar-refractivity contribution in [2.45, 2.75) is 33.6 Å². The highest BCUT2D eigenvalue weighted by atomic mass is 16.1. The highest BCUT2D eigenvalue weighted by molar-refractivity contribution is 6.11. The number of allylic oxidation sites excluding steroid dienone is 2. The number of ketones is 2. The molecule has 1 fully saturated rings. The third-order valence-corrected chi connectivity index (χ3v) is 2.20. The van der Waals surface area contributed by atoms with Crippen molar-refractivity contribution in [3.63, 3.8) is 0 Å². The quantitative estimate of drug-likeness (QED) is 0.404. The van der Waals surface area contributed by atoms with Crippen LogP contribution in [0.5, 0.6) is 0 Å². The predicted molar refractivity (Wildman–Crippen MR) is 45.5 cm³/mol. The minimum Gasteiger partial charge on any atom is -0.299 e. The minimum absolute atomic E-state index is 0.0454. The van der Waals surface area contributed by atoms with E-state index in [0.717, 1.165) is 0 Å². The highest BCUT2D eigenvalue weighted by Crippen LogP contribution is 2.35. The zero-order chi connectivity index (χ0) is 9.35. The fourth-order valence-electron chi connectivity index (χ4n) is 1.77. The molecule has 0 N–H and O–H groups in total. The third kappa shape index (κ3) is 1.47. The summed E-state index contributed by atoms with van der Waals surface area (Å²) in [6, 6.07) is 0. The van der Waals surface area contributed by atoms with Gasteiger partial charge in [-0.15, -0.1) is 0 Å². The maximum absolute atomic E-state index is 11.3. The van der Waals surface area contributed by atoms with Gasteiger partial charge >= 0.3 is 0 Å². The van der Waals surface area contributed by atoms with E-state index >= 15 is 0 Å². The van der Waals surface area contributed by atoms with Crippen LogP contribution in [0.1, 0.15) is 33.6 Å². The Morgan fingerprint density at radius 2 is 1.92 bits per heavy atom. The molecule has 0 aromatic rings. The fourth-order valence-corrected chi connectivity index (χ4v) is 1.77. The lowest BCUT2D eigenvalue weighted by molar-refractivity contribution is -0.129. The van der Waals surface area contributed by atoms with Gasteiger partial charge in [-0.2, -0.15) is 0 Å². The number of carbonyl (C=O) groups is 2. The molecule has 0 heterocycles. The van der Waals surface area contributed by atoms with Gasteiger partial charge in [0.1, 0.15) is 5.78 Å². The standard InChI is InChI=1S/C10H13O2/c1-4-8-9(12)5-7(11)6-10(8,2)3/h5-6H2,1-3H3. The van der Waals surface area contributed by atoms with E-state index in [0.29, 0.717) is 12.0 Å². The van der Waals surface area contributed by atoms with E-state index in [9.17, 15) is 9.59 Å². The smallest absolute Gasteiger partial charge is 0.167 e. The molecule has 0 bridgehead atoms. The minimum atomic E-state index is -0.304. The zero-order valence-electron chi connectivity index (χ0n) is 7.73. The van der Waals surface area contributed by atoms with E-state index in [1.165, 1.54) is 0 Å². The molecule has 0 spiro atoms. The van der Waals surface area contributed by atoms with Gasteiger partial charge in [0.25, 0.3) is 0 Å². The van der Waals surface area contributed by atoms with Gasteiger partial charge in [-0.1, -0.05) is 13.8 Å².